The SMILES string of the molecule is CCCNC(C)c1ccc(-c2cscc2Br)cc1Cl. The lowest BCUT2D eigenvalue weighted by molar-refractivity contribution is 0.571. The van der Waals surface area contributed by atoms with Crippen molar-refractivity contribution in [3.05, 3.63) is 44.0 Å². The summed E-state index contributed by atoms with van der Waals surface area (Å²) >= 11 is 11.7. The van der Waals surface area contributed by atoms with E-state index >= 15 is 0 Å². The van der Waals surface area contributed by atoms with Gasteiger partial charge in [0.15, 0.2) is 0 Å². The van der Waals surface area contributed by atoms with Crippen LogP contribution in [0.15, 0.2) is 33.4 Å². The van der Waals surface area contributed by atoms with E-state index in [0.29, 0.717) is 0 Å². The zero-order valence-corrected chi connectivity index (χ0v) is 14.2. The average Bonchev–Trinajstić information content (AvgIpc) is 2.82. The third-order valence-corrected chi connectivity index (χ3v) is 5.12. The largest absolute Gasteiger partial charge is 0.310 e. The van der Waals surface area contributed by atoms with Crippen LogP contribution >= 0.6 is 38.9 Å². The molecule has 1 N–H and O–H groups in total. The van der Waals surface area contributed by atoms with Crippen LogP contribution in [0.1, 0.15) is 31.9 Å². The molecule has 0 saturated heterocycles. The molecule has 19 heavy (non-hydrogen) atoms. The molecule has 0 aliphatic heterocycles. The van der Waals surface area contributed by atoms with Crippen LogP contribution in [-0.2, 0) is 0 Å². The van der Waals surface area contributed by atoms with Crippen LogP contribution in [0.2, 0.25) is 5.02 Å². The summed E-state index contributed by atoms with van der Waals surface area (Å²) in [5.41, 5.74) is 3.52. The summed E-state index contributed by atoms with van der Waals surface area (Å²) in [5.74, 6) is 0. The highest BCUT2D eigenvalue weighted by atomic mass is 79.9. The molecule has 0 bridgehead atoms. The third kappa shape index (κ3) is 3.60. The van der Waals surface area contributed by atoms with Gasteiger partial charge in [0.05, 0.1) is 0 Å². The molecule has 0 aliphatic rings. The molecule has 1 unspecified atom stereocenters. The van der Waals surface area contributed by atoms with E-state index in [1.54, 1.807) is 11.3 Å². The van der Waals surface area contributed by atoms with E-state index < -0.39 is 0 Å². The quantitative estimate of drug-likeness (QED) is 0.702. The average molecular weight is 359 g/mol. The molecule has 1 aromatic heterocycles. The molecule has 0 saturated carbocycles. The van der Waals surface area contributed by atoms with Gasteiger partial charge >= 0.3 is 0 Å². The number of thiophene rings is 1. The van der Waals surface area contributed by atoms with E-state index in [4.69, 9.17) is 11.6 Å². The maximum Gasteiger partial charge on any atom is 0.0459 e. The zero-order valence-electron chi connectivity index (χ0n) is 11.0. The Morgan fingerprint density at radius 1 is 1.37 bits per heavy atom. The molecule has 0 aliphatic carbocycles. The molecule has 2 aromatic rings. The van der Waals surface area contributed by atoms with Crippen LogP contribution in [0.25, 0.3) is 11.1 Å². The molecule has 1 nitrogen and oxygen atoms in total. The normalized spacial score (nSPS) is 12.6. The molecular weight excluding hydrogens is 342 g/mol. The Morgan fingerprint density at radius 2 is 2.16 bits per heavy atom. The summed E-state index contributed by atoms with van der Waals surface area (Å²) in [5, 5.41) is 8.51. The van der Waals surface area contributed by atoms with Crippen LogP contribution in [0.5, 0.6) is 0 Å². The van der Waals surface area contributed by atoms with Gasteiger partial charge < -0.3 is 5.32 Å². The lowest BCUT2D eigenvalue weighted by Gasteiger charge is -2.16. The minimum Gasteiger partial charge on any atom is -0.310 e. The first-order valence-electron chi connectivity index (χ1n) is 6.38. The third-order valence-electron chi connectivity index (χ3n) is 3.09. The summed E-state index contributed by atoms with van der Waals surface area (Å²) in [6.45, 7) is 5.32. The Kier molecular flexibility index (Phi) is 5.46. The fourth-order valence-corrected chi connectivity index (χ4v) is 3.88. The highest BCUT2D eigenvalue weighted by Gasteiger charge is 2.11. The van der Waals surface area contributed by atoms with E-state index in [2.05, 4.69) is 58.0 Å². The van der Waals surface area contributed by atoms with E-state index in [-0.39, 0.29) is 6.04 Å². The summed E-state index contributed by atoms with van der Waals surface area (Å²) in [6.07, 6.45) is 1.13. The highest BCUT2D eigenvalue weighted by Crippen LogP contribution is 2.34. The van der Waals surface area contributed by atoms with Crippen molar-refractivity contribution in [2.24, 2.45) is 0 Å². The van der Waals surface area contributed by atoms with Gasteiger partial charge in [-0.15, -0.1) is 0 Å². The zero-order chi connectivity index (χ0) is 13.8. The Balaban J connectivity index is 2.25. The predicted molar refractivity (Wildman–Crippen MR) is 89.2 cm³/mol. The Labute approximate surface area is 132 Å². The summed E-state index contributed by atoms with van der Waals surface area (Å²) in [6, 6.07) is 6.59. The van der Waals surface area contributed by atoms with Gasteiger partial charge in [0.2, 0.25) is 0 Å². The Bertz CT molecular complexity index is 553. The summed E-state index contributed by atoms with van der Waals surface area (Å²) in [4.78, 5) is 0. The number of benzene rings is 1. The van der Waals surface area contributed by atoms with Gasteiger partial charge in [-0.3, -0.25) is 0 Å². The van der Waals surface area contributed by atoms with Crippen molar-refractivity contribution in [3.8, 4) is 11.1 Å². The highest BCUT2D eigenvalue weighted by molar-refractivity contribution is 9.10. The molecule has 4 heteroatoms. The number of nitrogens with one attached hydrogen (secondary N) is 1. The van der Waals surface area contributed by atoms with E-state index in [1.807, 2.05) is 6.07 Å². The van der Waals surface area contributed by atoms with Crippen molar-refractivity contribution >= 4 is 38.9 Å². The van der Waals surface area contributed by atoms with Crippen LogP contribution < -0.4 is 5.32 Å². The lowest BCUT2D eigenvalue weighted by Crippen LogP contribution is -2.19. The summed E-state index contributed by atoms with van der Waals surface area (Å²) in [7, 11) is 0. The first-order valence-corrected chi connectivity index (χ1v) is 8.49. The molecule has 1 atom stereocenters. The molecular formula is C15H17BrClNS. The van der Waals surface area contributed by atoms with Gasteiger partial charge in [0, 0.05) is 26.5 Å². The fraction of sp³-hybridized carbons (Fsp3) is 0.333. The Morgan fingerprint density at radius 3 is 2.74 bits per heavy atom. The second kappa shape index (κ2) is 6.89. The molecule has 1 aromatic carbocycles. The van der Waals surface area contributed by atoms with Crippen LogP contribution in [0.3, 0.4) is 0 Å². The van der Waals surface area contributed by atoms with Crippen molar-refractivity contribution in [2.75, 3.05) is 6.54 Å². The smallest absolute Gasteiger partial charge is 0.0459 e. The lowest BCUT2D eigenvalue weighted by atomic mass is 10.0. The van der Waals surface area contributed by atoms with Crippen LogP contribution in [-0.4, -0.2) is 6.54 Å². The van der Waals surface area contributed by atoms with Crippen LogP contribution in [0.4, 0.5) is 0 Å². The first-order chi connectivity index (χ1) is 9.13. The topological polar surface area (TPSA) is 12.0 Å². The second-order valence-electron chi connectivity index (χ2n) is 4.55. The van der Waals surface area contributed by atoms with Gasteiger partial charge in [0.1, 0.15) is 0 Å². The second-order valence-corrected chi connectivity index (χ2v) is 6.55. The van der Waals surface area contributed by atoms with E-state index in [0.717, 1.165) is 33.6 Å². The van der Waals surface area contributed by atoms with Crippen molar-refractivity contribution in [2.45, 2.75) is 26.3 Å². The van der Waals surface area contributed by atoms with Gasteiger partial charge in [0.25, 0.3) is 0 Å². The van der Waals surface area contributed by atoms with E-state index in [1.165, 1.54) is 5.56 Å². The van der Waals surface area contributed by atoms with Crippen molar-refractivity contribution < 1.29 is 0 Å². The number of hydrogen-bond acceptors (Lipinski definition) is 2. The first kappa shape index (κ1) is 15.0. The van der Waals surface area contributed by atoms with Crippen molar-refractivity contribution in [1.29, 1.82) is 0 Å². The number of halogens is 2. The predicted octanol–water partition coefficient (Wildman–Crippen LogP) is 5.89. The number of rotatable bonds is 5. The fourth-order valence-electron chi connectivity index (χ4n) is 2.00. The van der Waals surface area contributed by atoms with Crippen molar-refractivity contribution in [1.82, 2.24) is 5.32 Å². The molecule has 0 radical (unpaired) electrons. The van der Waals surface area contributed by atoms with Crippen molar-refractivity contribution in [3.63, 3.8) is 0 Å². The molecule has 0 spiro atoms. The molecule has 2 rings (SSSR count). The minimum atomic E-state index is 0.285. The summed E-state index contributed by atoms with van der Waals surface area (Å²) < 4.78 is 1.12. The molecule has 1 heterocycles. The van der Waals surface area contributed by atoms with Gasteiger partial charge in [-0.05, 0) is 58.4 Å². The maximum atomic E-state index is 6.42. The van der Waals surface area contributed by atoms with Gasteiger partial charge in [-0.25, -0.2) is 0 Å². The number of hydrogen-bond donors (Lipinski definition) is 1. The van der Waals surface area contributed by atoms with Gasteiger partial charge in [-0.2, -0.15) is 11.3 Å². The standard InChI is InChI=1S/C15H17BrClNS/c1-3-6-18-10(2)12-5-4-11(7-15(12)17)13-8-19-9-14(13)16/h4-5,7-10,18H,3,6H2,1-2H3. The molecule has 0 amide bonds. The minimum absolute atomic E-state index is 0.285. The van der Waals surface area contributed by atoms with Crippen LogP contribution in [0, 0.1) is 0 Å². The molecule has 102 valence electrons. The maximum absolute atomic E-state index is 6.42. The Hall–Kier alpha value is -0.350. The monoisotopic (exact) mass is 357 g/mol. The van der Waals surface area contributed by atoms with Gasteiger partial charge in [-0.1, -0.05) is 30.7 Å². The van der Waals surface area contributed by atoms with E-state index in [9.17, 15) is 0 Å². The molecule has 0 fully saturated rings.